The van der Waals surface area contributed by atoms with Gasteiger partial charge in [0.15, 0.2) is 0 Å². The SMILES string of the molecule is C=CCC1(CC=C)C[C@@]2(C)CCC(C)(C)C[C@H]2[C@H](C)C1=O. The van der Waals surface area contributed by atoms with Gasteiger partial charge in [-0.2, -0.15) is 0 Å². The molecule has 0 bridgehead atoms. The first-order valence-corrected chi connectivity index (χ1v) is 8.46. The summed E-state index contributed by atoms with van der Waals surface area (Å²) in [7, 11) is 0. The van der Waals surface area contributed by atoms with E-state index in [0.29, 0.717) is 22.5 Å². The third kappa shape index (κ3) is 2.76. The predicted molar refractivity (Wildman–Crippen MR) is 90.1 cm³/mol. The Hall–Kier alpha value is -0.850. The van der Waals surface area contributed by atoms with Crippen molar-refractivity contribution in [3.05, 3.63) is 25.3 Å². The monoisotopic (exact) mass is 288 g/mol. The van der Waals surface area contributed by atoms with Gasteiger partial charge in [-0.3, -0.25) is 4.79 Å². The van der Waals surface area contributed by atoms with Crippen molar-refractivity contribution < 1.29 is 4.79 Å². The third-order valence-electron chi connectivity index (χ3n) is 6.39. The van der Waals surface area contributed by atoms with Crippen molar-refractivity contribution in [3.8, 4) is 0 Å². The molecule has 0 N–H and O–H groups in total. The lowest BCUT2D eigenvalue weighted by Gasteiger charge is -2.57. The lowest BCUT2D eigenvalue weighted by Crippen LogP contribution is -2.54. The minimum atomic E-state index is -0.240. The number of fused-ring (bicyclic) bond motifs is 1. The lowest BCUT2D eigenvalue weighted by atomic mass is 9.46. The van der Waals surface area contributed by atoms with Gasteiger partial charge < -0.3 is 0 Å². The van der Waals surface area contributed by atoms with Gasteiger partial charge in [0.25, 0.3) is 0 Å². The van der Waals surface area contributed by atoms with Gasteiger partial charge in [0.05, 0.1) is 0 Å². The van der Waals surface area contributed by atoms with Crippen molar-refractivity contribution in [1.29, 1.82) is 0 Å². The van der Waals surface area contributed by atoms with Crippen LogP contribution in [0.5, 0.6) is 0 Å². The van der Waals surface area contributed by atoms with Gasteiger partial charge >= 0.3 is 0 Å². The Morgan fingerprint density at radius 1 is 1.14 bits per heavy atom. The maximum atomic E-state index is 13.1. The number of hydrogen-bond acceptors (Lipinski definition) is 1. The van der Waals surface area contributed by atoms with E-state index in [1.54, 1.807) is 0 Å². The van der Waals surface area contributed by atoms with E-state index in [-0.39, 0.29) is 11.3 Å². The maximum absolute atomic E-state index is 13.1. The number of Topliss-reactive ketones (excluding diaryl/α,β-unsaturated/α-hetero) is 1. The van der Waals surface area contributed by atoms with Crippen molar-refractivity contribution in [1.82, 2.24) is 0 Å². The molecule has 0 amide bonds. The third-order valence-corrected chi connectivity index (χ3v) is 6.39. The maximum Gasteiger partial charge on any atom is 0.142 e. The van der Waals surface area contributed by atoms with Gasteiger partial charge in [0.2, 0.25) is 0 Å². The zero-order valence-electron chi connectivity index (χ0n) is 14.4. The normalized spacial score (nSPS) is 37.6. The summed E-state index contributed by atoms with van der Waals surface area (Å²) in [4.78, 5) is 13.1. The molecule has 2 saturated carbocycles. The molecule has 0 spiro atoms. The molecule has 0 aromatic carbocycles. The summed E-state index contributed by atoms with van der Waals surface area (Å²) in [6.45, 7) is 17.1. The highest BCUT2D eigenvalue weighted by molar-refractivity contribution is 5.88. The summed E-state index contributed by atoms with van der Waals surface area (Å²) in [5.41, 5.74) is 0.445. The highest BCUT2D eigenvalue weighted by Crippen LogP contribution is 2.61. The average molecular weight is 288 g/mol. The van der Waals surface area contributed by atoms with Crippen molar-refractivity contribution in [2.24, 2.45) is 28.1 Å². The molecule has 3 atom stereocenters. The van der Waals surface area contributed by atoms with E-state index < -0.39 is 0 Å². The minimum Gasteiger partial charge on any atom is -0.299 e. The smallest absolute Gasteiger partial charge is 0.142 e. The van der Waals surface area contributed by atoms with E-state index in [9.17, 15) is 4.79 Å². The van der Waals surface area contributed by atoms with Crippen molar-refractivity contribution in [2.75, 3.05) is 0 Å². The fourth-order valence-corrected chi connectivity index (χ4v) is 5.26. The number of hydrogen-bond donors (Lipinski definition) is 0. The molecule has 2 fully saturated rings. The van der Waals surface area contributed by atoms with Crippen molar-refractivity contribution in [2.45, 2.75) is 66.2 Å². The van der Waals surface area contributed by atoms with Crippen LogP contribution in [0.15, 0.2) is 25.3 Å². The molecule has 1 heteroatoms. The molecule has 0 aromatic rings. The number of carbonyl (C=O) groups is 1. The Kier molecular flexibility index (Phi) is 4.26. The Morgan fingerprint density at radius 2 is 1.71 bits per heavy atom. The fourth-order valence-electron chi connectivity index (χ4n) is 5.26. The number of ketones is 1. The first kappa shape index (κ1) is 16.5. The molecule has 0 unspecified atom stereocenters. The van der Waals surface area contributed by atoms with E-state index in [1.807, 2.05) is 12.2 Å². The molecule has 1 nitrogen and oxygen atoms in total. The van der Waals surface area contributed by atoms with Crippen molar-refractivity contribution in [3.63, 3.8) is 0 Å². The lowest BCUT2D eigenvalue weighted by molar-refractivity contribution is -0.152. The molecule has 21 heavy (non-hydrogen) atoms. The summed E-state index contributed by atoms with van der Waals surface area (Å²) in [6, 6.07) is 0. The van der Waals surface area contributed by atoms with Crippen LogP contribution in [0.25, 0.3) is 0 Å². The first-order chi connectivity index (χ1) is 9.70. The molecule has 0 heterocycles. The van der Waals surface area contributed by atoms with Gasteiger partial charge in [-0.25, -0.2) is 0 Å². The molecule has 0 aromatic heterocycles. The van der Waals surface area contributed by atoms with E-state index in [1.165, 1.54) is 19.3 Å². The molecule has 118 valence electrons. The Bertz CT molecular complexity index is 435. The average Bonchev–Trinajstić information content (AvgIpc) is 2.39. The van der Waals surface area contributed by atoms with Gasteiger partial charge in [-0.15, -0.1) is 13.2 Å². The number of allylic oxidation sites excluding steroid dienone is 2. The van der Waals surface area contributed by atoms with E-state index in [4.69, 9.17) is 0 Å². The second-order valence-electron chi connectivity index (χ2n) is 8.72. The molecular weight excluding hydrogens is 256 g/mol. The Labute approximate surface area is 130 Å². The van der Waals surface area contributed by atoms with E-state index in [2.05, 4.69) is 40.9 Å². The second-order valence-corrected chi connectivity index (χ2v) is 8.72. The van der Waals surface area contributed by atoms with E-state index >= 15 is 0 Å². The topological polar surface area (TPSA) is 17.1 Å². The zero-order valence-corrected chi connectivity index (χ0v) is 14.4. The van der Waals surface area contributed by atoms with Crippen molar-refractivity contribution >= 4 is 5.78 Å². The summed E-state index contributed by atoms with van der Waals surface area (Å²) < 4.78 is 0. The number of rotatable bonds is 4. The van der Waals surface area contributed by atoms with Crippen LogP contribution in [0, 0.1) is 28.1 Å². The molecular formula is C20H32O. The molecule has 2 aliphatic rings. The standard InChI is InChI=1S/C20H32O/c1-7-9-20(10-8-2)14-19(6)12-11-18(4,5)13-16(19)15(3)17(20)21/h7-8,15-16H,1-2,9-14H2,3-6H3/t15-,16-,19+/m0/s1. The van der Waals surface area contributed by atoms with Crippen LogP contribution >= 0.6 is 0 Å². The largest absolute Gasteiger partial charge is 0.299 e. The predicted octanol–water partition coefficient (Wildman–Crippen LogP) is 5.57. The first-order valence-electron chi connectivity index (χ1n) is 8.46. The summed E-state index contributed by atoms with van der Waals surface area (Å²) in [5.74, 6) is 1.17. The molecule has 2 rings (SSSR count). The molecule has 0 radical (unpaired) electrons. The van der Waals surface area contributed by atoms with Gasteiger partial charge in [0.1, 0.15) is 5.78 Å². The van der Waals surface area contributed by atoms with Gasteiger partial charge in [-0.05, 0) is 55.3 Å². The van der Waals surface area contributed by atoms with Crippen LogP contribution in [0.4, 0.5) is 0 Å². The second kappa shape index (κ2) is 5.41. The summed E-state index contributed by atoms with van der Waals surface area (Å²) in [6.07, 6.45) is 10.2. The Balaban J connectivity index is 2.39. The van der Waals surface area contributed by atoms with Gasteiger partial charge in [-0.1, -0.05) is 39.8 Å². The quantitative estimate of drug-likeness (QED) is 0.618. The van der Waals surface area contributed by atoms with Crippen LogP contribution in [-0.4, -0.2) is 5.78 Å². The molecule has 0 aliphatic heterocycles. The van der Waals surface area contributed by atoms with Crippen LogP contribution in [0.2, 0.25) is 0 Å². The van der Waals surface area contributed by atoms with Gasteiger partial charge in [0, 0.05) is 11.3 Å². The molecule has 2 aliphatic carbocycles. The van der Waals surface area contributed by atoms with E-state index in [0.717, 1.165) is 19.3 Å². The summed E-state index contributed by atoms with van der Waals surface area (Å²) in [5, 5.41) is 0. The highest BCUT2D eigenvalue weighted by atomic mass is 16.1. The van der Waals surface area contributed by atoms with Crippen LogP contribution < -0.4 is 0 Å². The zero-order chi connectivity index (χ0) is 15.9. The summed E-state index contributed by atoms with van der Waals surface area (Å²) >= 11 is 0. The van der Waals surface area contributed by atoms with Crippen LogP contribution in [0.1, 0.15) is 66.2 Å². The Morgan fingerprint density at radius 3 is 2.24 bits per heavy atom. The number of carbonyl (C=O) groups excluding carboxylic acids is 1. The van der Waals surface area contributed by atoms with Crippen LogP contribution in [0.3, 0.4) is 0 Å². The molecule has 0 saturated heterocycles. The fraction of sp³-hybridized carbons (Fsp3) is 0.750. The minimum absolute atomic E-state index is 0.170. The highest BCUT2D eigenvalue weighted by Gasteiger charge is 2.57. The van der Waals surface area contributed by atoms with Crippen LogP contribution in [-0.2, 0) is 4.79 Å².